The van der Waals surface area contributed by atoms with Crippen molar-refractivity contribution in [3.8, 4) is 0 Å². The molecule has 0 atom stereocenters. The highest BCUT2D eigenvalue weighted by molar-refractivity contribution is 7.99. The van der Waals surface area contributed by atoms with Crippen molar-refractivity contribution in [3.63, 3.8) is 0 Å². The highest BCUT2D eigenvalue weighted by Gasteiger charge is 2.19. The molecule has 0 aromatic rings. The zero-order valence-electron chi connectivity index (χ0n) is 8.37. The molecule has 0 saturated heterocycles. The predicted octanol–water partition coefficient (Wildman–Crippen LogP) is 2.06. The van der Waals surface area contributed by atoms with Crippen LogP contribution in [0.3, 0.4) is 0 Å². The van der Waals surface area contributed by atoms with E-state index >= 15 is 0 Å². The smallest absolute Gasteiger partial charge is 0.0577 e. The van der Waals surface area contributed by atoms with E-state index in [-0.39, 0.29) is 6.10 Å². The van der Waals surface area contributed by atoms with Gasteiger partial charge in [0.1, 0.15) is 0 Å². The van der Waals surface area contributed by atoms with Crippen LogP contribution < -0.4 is 0 Å². The summed E-state index contributed by atoms with van der Waals surface area (Å²) in [7, 11) is 0. The second kappa shape index (κ2) is 6.68. The van der Waals surface area contributed by atoms with Crippen LogP contribution in [0, 0.1) is 0 Å². The summed E-state index contributed by atoms with van der Waals surface area (Å²) in [5.41, 5.74) is 0. The Hall–Kier alpha value is 0.270. The molecule has 0 spiro atoms. The molecule has 0 bridgehead atoms. The summed E-state index contributed by atoms with van der Waals surface area (Å²) in [5, 5.41) is 9.28. The van der Waals surface area contributed by atoms with Gasteiger partial charge < -0.3 is 9.84 Å². The van der Waals surface area contributed by atoms with Gasteiger partial charge in [0.2, 0.25) is 0 Å². The quantitative estimate of drug-likeness (QED) is 0.695. The molecule has 13 heavy (non-hydrogen) atoms. The van der Waals surface area contributed by atoms with Gasteiger partial charge in [-0.3, -0.25) is 0 Å². The number of hydrogen-bond donors (Lipinski definition) is 1. The lowest BCUT2D eigenvalue weighted by Gasteiger charge is -2.25. The van der Waals surface area contributed by atoms with E-state index in [0.717, 1.165) is 38.0 Å². The third-order valence-corrected chi connectivity index (χ3v) is 3.29. The molecule has 1 N–H and O–H groups in total. The van der Waals surface area contributed by atoms with Gasteiger partial charge in [-0.25, -0.2) is 0 Å². The molecule has 78 valence electrons. The second-order valence-electron chi connectivity index (χ2n) is 3.50. The monoisotopic (exact) mass is 204 g/mol. The van der Waals surface area contributed by atoms with E-state index in [0.29, 0.717) is 6.10 Å². The highest BCUT2D eigenvalue weighted by Crippen LogP contribution is 2.20. The van der Waals surface area contributed by atoms with E-state index < -0.39 is 0 Å². The number of thioether (sulfide) groups is 1. The van der Waals surface area contributed by atoms with Gasteiger partial charge in [-0.05, 0) is 31.4 Å². The van der Waals surface area contributed by atoms with Crippen molar-refractivity contribution in [2.75, 3.05) is 18.1 Å². The maximum atomic E-state index is 9.28. The first-order chi connectivity index (χ1) is 6.33. The van der Waals surface area contributed by atoms with Gasteiger partial charge >= 0.3 is 0 Å². The highest BCUT2D eigenvalue weighted by atomic mass is 32.2. The van der Waals surface area contributed by atoms with Crippen LogP contribution in [0.25, 0.3) is 0 Å². The average molecular weight is 204 g/mol. The Morgan fingerprint density at radius 1 is 1.31 bits per heavy atom. The molecule has 0 aromatic heterocycles. The number of rotatable bonds is 5. The van der Waals surface area contributed by atoms with Crippen LogP contribution in [0.1, 0.15) is 32.6 Å². The molecular weight excluding hydrogens is 184 g/mol. The van der Waals surface area contributed by atoms with Gasteiger partial charge in [0.05, 0.1) is 18.8 Å². The van der Waals surface area contributed by atoms with Crippen LogP contribution in [0.5, 0.6) is 0 Å². The van der Waals surface area contributed by atoms with Crippen molar-refractivity contribution >= 4 is 11.8 Å². The Morgan fingerprint density at radius 3 is 2.62 bits per heavy atom. The summed E-state index contributed by atoms with van der Waals surface area (Å²) in [6.07, 6.45) is 4.28. The maximum absolute atomic E-state index is 9.28. The average Bonchev–Trinajstić information content (AvgIpc) is 2.15. The minimum Gasteiger partial charge on any atom is -0.393 e. The molecule has 0 amide bonds. The van der Waals surface area contributed by atoms with E-state index in [1.165, 1.54) is 5.75 Å². The van der Waals surface area contributed by atoms with Gasteiger partial charge in [0.15, 0.2) is 0 Å². The molecule has 0 heterocycles. The molecule has 1 saturated carbocycles. The van der Waals surface area contributed by atoms with E-state index in [1.807, 2.05) is 11.8 Å². The van der Waals surface area contributed by atoms with Crippen molar-refractivity contribution in [2.24, 2.45) is 0 Å². The fraction of sp³-hybridized carbons (Fsp3) is 1.00. The van der Waals surface area contributed by atoms with Crippen LogP contribution in [0.15, 0.2) is 0 Å². The van der Waals surface area contributed by atoms with Crippen LogP contribution in [0.4, 0.5) is 0 Å². The number of hydrogen-bond acceptors (Lipinski definition) is 3. The van der Waals surface area contributed by atoms with E-state index in [1.54, 1.807) is 0 Å². The summed E-state index contributed by atoms with van der Waals surface area (Å²) in [6, 6.07) is 0. The molecule has 1 aliphatic carbocycles. The zero-order valence-corrected chi connectivity index (χ0v) is 9.18. The normalized spacial score (nSPS) is 29.1. The fourth-order valence-corrected chi connectivity index (χ4v) is 2.13. The van der Waals surface area contributed by atoms with Crippen LogP contribution in [0.2, 0.25) is 0 Å². The Balaban J connectivity index is 1.96. The minimum atomic E-state index is -0.0649. The lowest BCUT2D eigenvalue weighted by Crippen LogP contribution is -2.25. The summed E-state index contributed by atoms with van der Waals surface area (Å²) >= 11 is 1.92. The third-order valence-electron chi connectivity index (χ3n) is 2.43. The van der Waals surface area contributed by atoms with Crippen molar-refractivity contribution in [1.29, 1.82) is 0 Å². The SMILES string of the molecule is CCSCCOC1CCC(O)CC1. The number of aliphatic hydroxyl groups excluding tert-OH is 1. The standard InChI is InChI=1S/C10H20O2S/c1-2-13-8-7-12-10-5-3-9(11)4-6-10/h9-11H,2-8H2,1H3. The molecule has 1 fully saturated rings. The van der Waals surface area contributed by atoms with Gasteiger partial charge in [0, 0.05) is 5.75 Å². The molecule has 1 aliphatic rings. The Morgan fingerprint density at radius 2 is 2.00 bits per heavy atom. The Kier molecular flexibility index (Phi) is 5.83. The summed E-state index contributed by atoms with van der Waals surface area (Å²) in [4.78, 5) is 0. The van der Waals surface area contributed by atoms with Crippen LogP contribution in [-0.2, 0) is 4.74 Å². The molecule has 3 heteroatoms. The third kappa shape index (κ3) is 4.89. The molecule has 0 unspecified atom stereocenters. The zero-order chi connectivity index (χ0) is 9.52. The lowest BCUT2D eigenvalue weighted by atomic mass is 9.95. The fourth-order valence-electron chi connectivity index (χ4n) is 1.63. The second-order valence-corrected chi connectivity index (χ2v) is 4.89. The molecule has 0 aliphatic heterocycles. The lowest BCUT2D eigenvalue weighted by molar-refractivity contribution is 0.00369. The maximum Gasteiger partial charge on any atom is 0.0577 e. The van der Waals surface area contributed by atoms with E-state index in [9.17, 15) is 5.11 Å². The Labute approximate surface area is 85.0 Å². The number of aliphatic hydroxyl groups is 1. The summed E-state index contributed by atoms with van der Waals surface area (Å²) in [6.45, 7) is 3.04. The van der Waals surface area contributed by atoms with Crippen molar-refractivity contribution in [2.45, 2.75) is 44.8 Å². The van der Waals surface area contributed by atoms with E-state index in [4.69, 9.17) is 4.74 Å². The molecule has 2 nitrogen and oxygen atoms in total. The first-order valence-corrected chi connectivity index (χ1v) is 6.35. The van der Waals surface area contributed by atoms with Gasteiger partial charge in [-0.1, -0.05) is 6.92 Å². The van der Waals surface area contributed by atoms with E-state index in [2.05, 4.69) is 6.92 Å². The van der Waals surface area contributed by atoms with Gasteiger partial charge in [-0.2, -0.15) is 11.8 Å². The van der Waals surface area contributed by atoms with Crippen molar-refractivity contribution < 1.29 is 9.84 Å². The molecular formula is C10H20O2S. The minimum absolute atomic E-state index is 0.0649. The van der Waals surface area contributed by atoms with Crippen LogP contribution >= 0.6 is 11.8 Å². The Bertz CT molecular complexity index is 122. The first kappa shape index (κ1) is 11.3. The molecule has 1 rings (SSSR count). The topological polar surface area (TPSA) is 29.5 Å². The van der Waals surface area contributed by atoms with Crippen molar-refractivity contribution in [3.05, 3.63) is 0 Å². The molecule has 0 aromatic carbocycles. The van der Waals surface area contributed by atoms with Crippen molar-refractivity contribution in [1.82, 2.24) is 0 Å². The summed E-state index contributed by atoms with van der Waals surface area (Å²) in [5.74, 6) is 2.28. The van der Waals surface area contributed by atoms with Gasteiger partial charge in [0.25, 0.3) is 0 Å². The molecule has 0 radical (unpaired) electrons. The largest absolute Gasteiger partial charge is 0.393 e. The number of ether oxygens (including phenoxy) is 1. The summed E-state index contributed by atoms with van der Waals surface area (Å²) < 4.78 is 5.70. The van der Waals surface area contributed by atoms with Crippen LogP contribution in [-0.4, -0.2) is 35.4 Å². The first-order valence-electron chi connectivity index (χ1n) is 5.20. The van der Waals surface area contributed by atoms with Gasteiger partial charge in [-0.15, -0.1) is 0 Å². The predicted molar refractivity (Wildman–Crippen MR) is 57.2 cm³/mol.